The number of ether oxygens (including phenoxy) is 1. The van der Waals surface area contributed by atoms with E-state index in [0.717, 1.165) is 38.4 Å². The van der Waals surface area contributed by atoms with Gasteiger partial charge < -0.3 is 14.9 Å². The van der Waals surface area contributed by atoms with Crippen LogP contribution in [0.15, 0.2) is 29.7 Å². The summed E-state index contributed by atoms with van der Waals surface area (Å²) >= 11 is 0. The summed E-state index contributed by atoms with van der Waals surface area (Å²) in [6.07, 6.45) is 9.67. The Kier molecular flexibility index (Phi) is 7.47. The van der Waals surface area contributed by atoms with E-state index >= 15 is 0 Å². The summed E-state index contributed by atoms with van der Waals surface area (Å²) < 4.78 is 6.37. The Bertz CT molecular complexity index is 581. The molecule has 0 radical (unpaired) electrons. The van der Waals surface area contributed by atoms with E-state index in [1.165, 1.54) is 37.9 Å². The number of hydrogen-bond donors (Lipinski definition) is 1. The molecule has 6 nitrogen and oxygen atoms in total. The second kappa shape index (κ2) is 10.0. The lowest BCUT2D eigenvalue weighted by molar-refractivity contribution is -0.0207. The van der Waals surface area contributed by atoms with Gasteiger partial charge in [0.1, 0.15) is 6.10 Å². The summed E-state index contributed by atoms with van der Waals surface area (Å²) in [6.45, 7) is 9.70. The first-order valence-electron chi connectivity index (χ1n) is 10.5. The number of piperidine rings is 1. The molecule has 1 N–H and O–H groups in total. The zero-order valence-corrected chi connectivity index (χ0v) is 16.8. The van der Waals surface area contributed by atoms with Crippen molar-refractivity contribution in [1.29, 1.82) is 0 Å². The molecule has 0 bridgehead atoms. The van der Waals surface area contributed by atoms with Crippen LogP contribution >= 0.6 is 0 Å². The zero-order valence-electron chi connectivity index (χ0n) is 16.8. The topological polar surface area (TPSA) is 59.0 Å². The van der Waals surface area contributed by atoms with Gasteiger partial charge in [0.2, 0.25) is 5.90 Å². The molecule has 4 heterocycles. The van der Waals surface area contributed by atoms with Gasteiger partial charge in [0.05, 0.1) is 5.41 Å². The van der Waals surface area contributed by atoms with Crippen molar-refractivity contribution in [2.24, 2.45) is 10.6 Å². The van der Waals surface area contributed by atoms with Gasteiger partial charge in [-0.15, -0.1) is 0 Å². The number of aromatic nitrogens is 1. The van der Waals surface area contributed by atoms with Gasteiger partial charge in [-0.25, -0.2) is 0 Å². The summed E-state index contributed by atoms with van der Waals surface area (Å²) in [5.41, 5.74) is 1.10. The van der Waals surface area contributed by atoms with Crippen molar-refractivity contribution in [3.63, 3.8) is 0 Å². The van der Waals surface area contributed by atoms with E-state index in [2.05, 4.69) is 26.4 Å². The number of oxime groups is 1. The average Bonchev–Trinajstić information content (AvgIpc) is 3.21. The molecule has 2 saturated heterocycles. The minimum absolute atomic E-state index is 0.0805. The maximum Gasteiger partial charge on any atom is 0.234 e. The summed E-state index contributed by atoms with van der Waals surface area (Å²) in [5, 5.41) is 7.82. The maximum atomic E-state index is 6.37. The van der Waals surface area contributed by atoms with Crippen molar-refractivity contribution in [2.45, 2.75) is 52.1 Å². The van der Waals surface area contributed by atoms with Crippen molar-refractivity contribution in [2.75, 3.05) is 39.3 Å². The molecule has 3 aliphatic rings. The van der Waals surface area contributed by atoms with Gasteiger partial charge in [0.15, 0.2) is 6.61 Å². The van der Waals surface area contributed by atoms with Gasteiger partial charge >= 0.3 is 0 Å². The largest absolute Gasteiger partial charge is 0.470 e. The predicted molar refractivity (Wildman–Crippen MR) is 108 cm³/mol. The molecule has 2 atom stereocenters. The van der Waals surface area contributed by atoms with Crippen molar-refractivity contribution >= 4 is 5.90 Å². The van der Waals surface area contributed by atoms with E-state index in [1.54, 1.807) is 0 Å². The fraction of sp³-hybridized carbons (Fsp3) is 0.714. The summed E-state index contributed by atoms with van der Waals surface area (Å²) in [7, 11) is 0. The lowest BCUT2D eigenvalue weighted by Gasteiger charge is -2.36. The van der Waals surface area contributed by atoms with Gasteiger partial charge in [-0.2, -0.15) is 0 Å². The van der Waals surface area contributed by atoms with E-state index in [1.807, 2.05) is 32.3 Å². The highest BCUT2D eigenvalue weighted by atomic mass is 16.7. The molecule has 27 heavy (non-hydrogen) atoms. The highest BCUT2D eigenvalue weighted by molar-refractivity contribution is 5.83. The second-order valence-electron chi connectivity index (χ2n) is 7.54. The minimum Gasteiger partial charge on any atom is -0.470 e. The number of rotatable bonds is 5. The van der Waals surface area contributed by atoms with Crippen LogP contribution < -0.4 is 5.32 Å². The summed E-state index contributed by atoms with van der Waals surface area (Å²) in [4.78, 5) is 12.4. The first kappa shape index (κ1) is 20.1. The van der Waals surface area contributed by atoms with Crippen molar-refractivity contribution in [3.05, 3.63) is 30.1 Å². The molecule has 1 aromatic heterocycles. The molecule has 0 aliphatic carbocycles. The highest BCUT2D eigenvalue weighted by Crippen LogP contribution is 2.34. The maximum absolute atomic E-state index is 6.37. The molecule has 3 aliphatic heterocycles. The van der Waals surface area contributed by atoms with Crippen molar-refractivity contribution in [1.82, 2.24) is 15.2 Å². The van der Waals surface area contributed by atoms with E-state index in [9.17, 15) is 0 Å². The molecule has 0 spiro atoms. The lowest BCUT2D eigenvalue weighted by atomic mass is 9.80. The van der Waals surface area contributed by atoms with Gasteiger partial charge in [-0.05, 0) is 56.9 Å². The molecule has 2 fully saturated rings. The molecular weight excluding hydrogens is 340 g/mol. The SMILES string of the molecule is CC.c1cncc(CC2(C3=NOCC(CN4CCCCC4)O3)CCNC2)c1. The van der Waals surface area contributed by atoms with E-state index in [0.29, 0.717) is 6.61 Å². The van der Waals surface area contributed by atoms with Gasteiger partial charge in [-0.3, -0.25) is 9.88 Å². The summed E-state index contributed by atoms with van der Waals surface area (Å²) in [6, 6.07) is 4.12. The molecule has 4 rings (SSSR count). The second-order valence-corrected chi connectivity index (χ2v) is 7.54. The van der Waals surface area contributed by atoms with E-state index < -0.39 is 0 Å². The average molecular weight is 375 g/mol. The quantitative estimate of drug-likeness (QED) is 0.859. The fourth-order valence-corrected chi connectivity index (χ4v) is 4.18. The molecule has 0 amide bonds. The number of likely N-dealkylation sites (tertiary alicyclic amines) is 1. The Morgan fingerprint density at radius 1 is 1.26 bits per heavy atom. The van der Waals surface area contributed by atoms with Crippen LogP contribution in [0.2, 0.25) is 0 Å². The Morgan fingerprint density at radius 2 is 2.11 bits per heavy atom. The zero-order chi connectivity index (χ0) is 19.0. The predicted octanol–water partition coefficient (Wildman–Crippen LogP) is 2.84. The molecule has 6 heteroatoms. The van der Waals surface area contributed by atoms with Crippen LogP contribution in [-0.4, -0.2) is 61.2 Å². The van der Waals surface area contributed by atoms with E-state index in [4.69, 9.17) is 9.57 Å². The Morgan fingerprint density at radius 3 is 2.81 bits per heavy atom. The first-order valence-corrected chi connectivity index (χ1v) is 10.5. The lowest BCUT2D eigenvalue weighted by Crippen LogP contribution is -2.47. The third-order valence-corrected chi connectivity index (χ3v) is 5.56. The van der Waals surface area contributed by atoms with Gasteiger partial charge in [-0.1, -0.05) is 31.5 Å². The monoisotopic (exact) mass is 374 g/mol. The molecule has 150 valence electrons. The van der Waals surface area contributed by atoms with E-state index in [-0.39, 0.29) is 11.5 Å². The van der Waals surface area contributed by atoms with Crippen LogP contribution in [0.1, 0.15) is 45.1 Å². The molecule has 0 aromatic carbocycles. The number of nitrogens with one attached hydrogen (secondary N) is 1. The molecular formula is C21H34N4O2. The van der Waals surface area contributed by atoms with Crippen LogP contribution in [0.3, 0.4) is 0 Å². The van der Waals surface area contributed by atoms with Crippen LogP contribution in [0.5, 0.6) is 0 Å². The van der Waals surface area contributed by atoms with Crippen molar-refractivity contribution < 1.29 is 9.57 Å². The number of pyridine rings is 1. The van der Waals surface area contributed by atoms with Crippen LogP contribution in [0.25, 0.3) is 0 Å². The van der Waals surface area contributed by atoms with Crippen LogP contribution in [0.4, 0.5) is 0 Å². The normalized spacial score (nSPS) is 28.4. The highest BCUT2D eigenvalue weighted by Gasteiger charge is 2.44. The van der Waals surface area contributed by atoms with Crippen LogP contribution in [0, 0.1) is 5.41 Å². The number of hydrogen-bond acceptors (Lipinski definition) is 6. The molecule has 2 unspecified atom stereocenters. The molecule has 1 aromatic rings. The first-order chi connectivity index (χ1) is 13.3. The minimum atomic E-state index is -0.121. The van der Waals surface area contributed by atoms with Crippen molar-refractivity contribution in [3.8, 4) is 0 Å². The standard InChI is InChI=1S/C19H28N4O2.C2H6/c1-2-9-23(10-3-1)13-17-14-24-22-18(25-17)19(6-8-21-15-19)11-16-5-4-7-20-12-16;1-2/h4-5,7,12,17,21H,1-3,6,8-11,13-15H2;1-2H3. The third-order valence-electron chi connectivity index (χ3n) is 5.56. The number of nitrogens with zero attached hydrogens (tertiary/aromatic N) is 3. The smallest absolute Gasteiger partial charge is 0.234 e. The third kappa shape index (κ3) is 5.20. The Balaban J connectivity index is 0.00000102. The Labute approximate surface area is 163 Å². The Hall–Kier alpha value is -1.66. The fourth-order valence-electron chi connectivity index (χ4n) is 4.18. The summed E-state index contributed by atoms with van der Waals surface area (Å²) in [5.74, 6) is 0.773. The van der Waals surface area contributed by atoms with Crippen LogP contribution in [-0.2, 0) is 16.0 Å². The van der Waals surface area contributed by atoms with Gasteiger partial charge in [0, 0.05) is 25.5 Å². The van der Waals surface area contributed by atoms with Gasteiger partial charge in [0.25, 0.3) is 0 Å². The molecule has 0 saturated carbocycles.